The lowest BCUT2D eigenvalue weighted by molar-refractivity contribution is 0.0709. The molecule has 0 unspecified atom stereocenters. The Balaban J connectivity index is 1.54. The van der Waals surface area contributed by atoms with Crippen LogP contribution < -0.4 is 26.4 Å². The number of nitrogens with zero attached hydrogens (tertiary/aromatic N) is 2. The van der Waals surface area contributed by atoms with Gasteiger partial charge in [0.05, 0.1) is 11.3 Å². The molecular formula is C18H22N6O3. The van der Waals surface area contributed by atoms with Gasteiger partial charge in [-0.1, -0.05) is 0 Å². The van der Waals surface area contributed by atoms with E-state index in [-0.39, 0.29) is 11.7 Å². The first-order chi connectivity index (χ1) is 13.1. The molecule has 0 bridgehead atoms. The van der Waals surface area contributed by atoms with Crippen molar-refractivity contribution in [2.45, 2.75) is 25.0 Å². The number of fused-ring (bicyclic) bond motifs is 1. The Kier molecular flexibility index (Phi) is 4.68. The predicted octanol–water partition coefficient (Wildman–Crippen LogP) is 1.71. The van der Waals surface area contributed by atoms with E-state index in [2.05, 4.69) is 25.9 Å². The molecule has 1 saturated carbocycles. The summed E-state index contributed by atoms with van der Waals surface area (Å²) in [4.78, 5) is 20.2. The lowest BCUT2D eigenvalue weighted by Crippen LogP contribution is -2.25. The van der Waals surface area contributed by atoms with Crippen LogP contribution in [0.25, 0.3) is 0 Å². The van der Waals surface area contributed by atoms with Crippen LogP contribution in [0, 0.1) is 0 Å². The minimum Gasteiger partial charge on any atom is -0.489 e. The summed E-state index contributed by atoms with van der Waals surface area (Å²) in [5, 5.41) is 9.70. The average Bonchev–Trinajstić information content (AvgIpc) is 3.48. The highest BCUT2D eigenvalue weighted by atomic mass is 16.5. The number of carbonyl (C=O) groups is 1. The number of ether oxygens (including phenoxy) is 2. The second-order valence-corrected chi connectivity index (χ2v) is 6.62. The number of hydrogen-bond donors (Lipinski definition) is 4. The van der Waals surface area contributed by atoms with E-state index in [1.54, 1.807) is 7.11 Å². The number of benzene rings is 1. The Hall–Kier alpha value is -3.07. The van der Waals surface area contributed by atoms with Gasteiger partial charge in [-0.25, -0.2) is 4.98 Å². The Morgan fingerprint density at radius 1 is 1.41 bits per heavy atom. The summed E-state index contributed by atoms with van der Waals surface area (Å²) in [6.45, 7) is 1.16. The lowest BCUT2D eigenvalue weighted by atomic mass is 10.2. The van der Waals surface area contributed by atoms with E-state index in [1.165, 1.54) is 6.20 Å². The van der Waals surface area contributed by atoms with Crippen LogP contribution in [0.2, 0.25) is 0 Å². The highest BCUT2D eigenvalue weighted by Gasteiger charge is 2.24. The Bertz CT molecular complexity index is 855. The van der Waals surface area contributed by atoms with Crippen LogP contribution in [-0.4, -0.2) is 48.3 Å². The number of rotatable bonds is 6. The molecule has 2 heterocycles. The molecule has 2 aromatic rings. The largest absolute Gasteiger partial charge is 0.489 e. The van der Waals surface area contributed by atoms with Gasteiger partial charge in [0.15, 0.2) is 0 Å². The fourth-order valence-electron chi connectivity index (χ4n) is 2.77. The van der Waals surface area contributed by atoms with Crippen LogP contribution in [0.4, 0.5) is 23.1 Å². The standard InChI is InChI=1S/C18H22N6O3/c1-26-12-7-20-14-6-11(4-5-15(14)27-9-12)23-18-21-8-13(16(19)25)17(24-18)22-10-2-3-10/h4-6,8,10,12,20H,2-3,7,9H2,1H3,(H2,19,25)(H2,21,22,23,24)/t12-/m0/s1. The molecule has 0 spiro atoms. The number of primary amides is 1. The predicted molar refractivity (Wildman–Crippen MR) is 102 cm³/mol. The van der Waals surface area contributed by atoms with Crippen LogP contribution in [0.1, 0.15) is 23.2 Å². The Morgan fingerprint density at radius 3 is 3.00 bits per heavy atom. The number of nitrogens with two attached hydrogens (primary N) is 1. The molecule has 1 aliphatic heterocycles. The normalized spacial score (nSPS) is 18.5. The van der Waals surface area contributed by atoms with E-state index in [1.807, 2.05) is 18.2 Å². The second-order valence-electron chi connectivity index (χ2n) is 6.62. The van der Waals surface area contributed by atoms with E-state index in [0.717, 1.165) is 30.0 Å². The molecule has 1 fully saturated rings. The van der Waals surface area contributed by atoms with Crippen molar-refractivity contribution in [2.24, 2.45) is 5.73 Å². The SMILES string of the molecule is CO[C@H]1CNc2cc(Nc3ncc(C(N)=O)c(NC4CC4)n3)ccc2OC1. The van der Waals surface area contributed by atoms with Gasteiger partial charge in [-0.05, 0) is 31.0 Å². The summed E-state index contributed by atoms with van der Waals surface area (Å²) in [6, 6.07) is 6.03. The maximum atomic E-state index is 11.6. The molecule has 0 radical (unpaired) electrons. The van der Waals surface area contributed by atoms with Crippen molar-refractivity contribution in [3.63, 3.8) is 0 Å². The van der Waals surface area contributed by atoms with E-state index in [0.29, 0.717) is 31.0 Å². The summed E-state index contributed by atoms with van der Waals surface area (Å²) >= 11 is 0. The van der Waals surface area contributed by atoms with Gasteiger partial charge in [-0.3, -0.25) is 4.79 Å². The molecule has 9 heteroatoms. The van der Waals surface area contributed by atoms with Crippen LogP contribution in [0.5, 0.6) is 5.75 Å². The number of amides is 1. The van der Waals surface area contributed by atoms with Crippen molar-refractivity contribution in [2.75, 3.05) is 36.2 Å². The van der Waals surface area contributed by atoms with Crippen molar-refractivity contribution < 1.29 is 14.3 Å². The first kappa shape index (κ1) is 17.3. The van der Waals surface area contributed by atoms with Crippen molar-refractivity contribution in [3.8, 4) is 5.75 Å². The first-order valence-corrected chi connectivity index (χ1v) is 8.86. The fourth-order valence-corrected chi connectivity index (χ4v) is 2.77. The molecule has 2 aliphatic rings. The van der Waals surface area contributed by atoms with E-state index < -0.39 is 5.91 Å². The number of hydrogen-bond acceptors (Lipinski definition) is 8. The number of aromatic nitrogens is 2. The summed E-state index contributed by atoms with van der Waals surface area (Å²) < 4.78 is 11.1. The smallest absolute Gasteiger partial charge is 0.254 e. The zero-order valence-corrected chi connectivity index (χ0v) is 15.0. The molecule has 1 aromatic carbocycles. The van der Waals surface area contributed by atoms with Gasteiger partial charge >= 0.3 is 0 Å². The minimum atomic E-state index is -0.552. The molecular weight excluding hydrogens is 348 g/mol. The maximum Gasteiger partial charge on any atom is 0.254 e. The molecule has 1 amide bonds. The quantitative estimate of drug-likeness (QED) is 0.606. The van der Waals surface area contributed by atoms with Gasteiger partial charge in [-0.15, -0.1) is 0 Å². The van der Waals surface area contributed by atoms with Crippen LogP contribution >= 0.6 is 0 Å². The molecule has 5 N–H and O–H groups in total. The van der Waals surface area contributed by atoms with Crippen LogP contribution in [-0.2, 0) is 4.74 Å². The zero-order chi connectivity index (χ0) is 18.8. The summed E-state index contributed by atoms with van der Waals surface area (Å²) in [5.74, 6) is 1.05. The highest BCUT2D eigenvalue weighted by molar-refractivity contribution is 5.97. The summed E-state index contributed by atoms with van der Waals surface area (Å²) in [6.07, 6.45) is 3.55. The average molecular weight is 370 g/mol. The third-order valence-electron chi connectivity index (χ3n) is 4.49. The number of methoxy groups -OCH3 is 1. The molecule has 9 nitrogen and oxygen atoms in total. The topological polar surface area (TPSA) is 123 Å². The van der Waals surface area contributed by atoms with Gasteiger partial charge in [0, 0.05) is 31.6 Å². The number of carbonyl (C=O) groups excluding carboxylic acids is 1. The Labute approximate surface area is 156 Å². The second kappa shape index (κ2) is 7.28. The zero-order valence-electron chi connectivity index (χ0n) is 15.0. The maximum absolute atomic E-state index is 11.6. The number of anilines is 4. The van der Waals surface area contributed by atoms with E-state index >= 15 is 0 Å². The number of nitrogens with one attached hydrogen (secondary N) is 3. The monoisotopic (exact) mass is 370 g/mol. The van der Waals surface area contributed by atoms with Gasteiger partial charge in [0.25, 0.3) is 5.91 Å². The van der Waals surface area contributed by atoms with Crippen molar-refractivity contribution in [1.82, 2.24) is 9.97 Å². The third kappa shape index (κ3) is 4.03. The molecule has 1 aliphatic carbocycles. The first-order valence-electron chi connectivity index (χ1n) is 8.86. The van der Waals surface area contributed by atoms with Crippen LogP contribution in [0.15, 0.2) is 24.4 Å². The van der Waals surface area contributed by atoms with Crippen molar-refractivity contribution in [1.29, 1.82) is 0 Å². The molecule has 1 aromatic heterocycles. The van der Waals surface area contributed by atoms with Crippen molar-refractivity contribution in [3.05, 3.63) is 30.0 Å². The van der Waals surface area contributed by atoms with E-state index in [9.17, 15) is 4.79 Å². The van der Waals surface area contributed by atoms with E-state index in [4.69, 9.17) is 15.2 Å². The summed E-state index contributed by atoms with van der Waals surface area (Å²) in [5.41, 5.74) is 7.36. The highest BCUT2D eigenvalue weighted by Crippen LogP contribution is 2.31. The molecule has 142 valence electrons. The minimum absolute atomic E-state index is 0.00505. The van der Waals surface area contributed by atoms with Crippen LogP contribution in [0.3, 0.4) is 0 Å². The molecule has 1 atom stereocenters. The fraction of sp³-hybridized carbons (Fsp3) is 0.389. The lowest BCUT2D eigenvalue weighted by Gasteiger charge is -2.13. The molecule has 27 heavy (non-hydrogen) atoms. The van der Waals surface area contributed by atoms with Gasteiger partial charge < -0.3 is 31.2 Å². The van der Waals surface area contributed by atoms with Crippen molar-refractivity contribution >= 4 is 29.0 Å². The molecule has 4 rings (SSSR count). The van der Waals surface area contributed by atoms with Gasteiger partial charge in [-0.2, -0.15) is 4.98 Å². The van der Waals surface area contributed by atoms with Gasteiger partial charge in [0.2, 0.25) is 5.95 Å². The molecule has 0 saturated heterocycles. The summed E-state index contributed by atoms with van der Waals surface area (Å²) in [7, 11) is 1.67. The Morgan fingerprint density at radius 2 is 2.26 bits per heavy atom. The third-order valence-corrected chi connectivity index (χ3v) is 4.49. The van der Waals surface area contributed by atoms with Gasteiger partial charge in [0.1, 0.15) is 24.3 Å².